The lowest BCUT2D eigenvalue weighted by Crippen LogP contribution is -2.81. The summed E-state index contributed by atoms with van der Waals surface area (Å²) in [6.07, 6.45) is 5.21. The molecule has 0 unspecified atom stereocenters. The van der Waals surface area contributed by atoms with Crippen molar-refractivity contribution in [2.75, 3.05) is 32.2 Å². The lowest BCUT2D eigenvalue weighted by atomic mass is 9.40. The molecule has 3 spiro atoms. The first-order valence-electron chi connectivity index (χ1n) is 10.7. The summed E-state index contributed by atoms with van der Waals surface area (Å²) in [4.78, 5) is 30.3. The molecular formula is C23H26N2O5. The van der Waals surface area contributed by atoms with Crippen LogP contribution < -0.4 is 4.90 Å². The maximum Gasteiger partial charge on any atom is 0.414 e. The molecule has 3 heterocycles. The number of para-hydroxylation sites is 1. The van der Waals surface area contributed by atoms with E-state index in [4.69, 9.17) is 9.47 Å². The molecule has 1 N–H and O–H groups in total. The van der Waals surface area contributed by atoms with Gasteiger partial charge < -0.3 is 14.6 Å². The van der Waals surface area contributed by atoms with Crippen molar-refractivity contribution in [2.45, 2.75) is 48.8 Å². The fraction of sp³-hybridized carbons (Fsp3) is 0.565. The van der Waals surface area contributed by atoms with Crippen molar-refractivity contribution in [1.29, 1.82) is 0 Å². The zero-order valence-corrected chi connectivity index (χ0v) is 17.3. The van der Waals surface area contributed by atoms with E-state index in [1.54, 1.807) is 4.90 Å². The number of amides is 1. The fourth-order valence-electron chi connectivity index (χ4n) is 7.99. The summed E-state index contributed by atoms with van der Waals surface area (Å²) >= 11 is 0. The van der Waals surface area contributed by atoms with Crippen LogP contribution in [0.5, 0.6) is 0 Å². The summed E-state index contributed by atoms with van der Waals surface area (Å²) < 4.78 is 10.5. The molecule has 7 nitrogen and oxygen atoms in total. The van der Waals surface area contributed by atoms with Gasteiger partial charge in [0.05, 0.1) is 36.4 Å². The van der Waals surface area contributed by atoms with Crippen LogP contribution in [0.15, 0.2) is 35.9 Å². The highest BCUT2D eigenvalue weighted by atomic mass is 16.5. The Morgan fingerprint density at radius 1 is 1.03 bits per heavy atom. The van der Waals surface area contributed by atoms with E-state index in [1.165, 1.54) is 14.2 Å². The number of esters is 1. The van der Waals surface area contributed by atoms with E-state index >= 15 is 0 Å². The van der Waals surface area contributed by atoms with E-state index in [0.29, 0.717) is 24.8 Å². The highest BCUT2D eigenvalue weighted by Gasteiger charge is 2.85. The number of fused-ring (bicyclic) bond motifs is 2. The molecule has 1 aromatic rings. The molecule has 0 radical (unpaired) electrons. The maximum absolute atomic E-state index is 13.2. The number of methoxy groups -OCH3 is 2. The summed E-state index contributed by atoms with van der Waals surface area (Å²) in [5.41, 5.74) is -1.38. The van der Waals surface area contributed by atoms with Crippen molar-refractivity contribution in [3.05, 3.63) is 41.5 Å². The quantitative estimate of drug-likeness (QED) is 0.716. The van der Waals surface area contributed by atoms with Crippen LogP contribution in [0.2, 0.25) is 0 Å². The van der Waals surface area contributed by atoms with Gasteiger partial charge in [0.1, 0.15) is 5.72 Å². The number of benzene rings is 1. The van der Waals surface area contributed by atoms with Gasteiger partial charge >= 0.3 is 12.1 Å². The Bertz CT molecular complexity index is 1020. The molecule has 1 aromatic carbocycles. The van der Waals surface area contributed by atoms with E-state index < -0.39 is 34.2 Å². The van der Waals surface area contributed by atoms with E-state index in [0.717, 1.165) is 37.2 Å². The van der Waals surface area contributed by atoms with Crippen molar-refractivity contribution < 1.29 is 24.2 Å². The molecule has 158 valence electrons. The normalized spacial score (nSPS) is 40.4. The zero-order valence-electron chi connectivity index (χ0n) is 17.3. The monoisotopic (exact) mass is 410 g/mol. The second kappa shape index (κ2) is 5.45. The third-order valence-electron chi connectivity index (χ3n) is 8.81. The van der Waals surface area contributed by atoms with E-state index in [-0.39, 0.29) is 0 Å². The first kappa shape index (κ1) is 18.4. The van der Waals surface area contributed by atoms with Crippen LogP contribution in [0.4, 0.5) is 10.5 Å². The second-order valence-corrected chi connectivity index (χ2v) is 9.31. The van der Waals surface area contributed by atoms with Gasteiger partial charge in [-0.05, 0) is 43.7 Å². The Morgan fingerprint density at radius 2 is 1.83 bits per heavy atom. The molecule has 3 aliphatic heterocycles. The Kier molecular flexibility index (Phi) is 3.34. The molecule has 2 saturated heterocycles. The van der Waals surface area contributed by atoms with E-state index in [9.17, 15) is 14.7 Å². The first-order valence-corrected chi connectivity index (χ1v) is 10.7. The smallest absolute Gasteiger partial charge is 0.414 e. The van der Waals surface area contributed by atoms with E-state index in [1.807, 2.05) is 30.3 Å². The van der Waals surface area contributed by atoms with Gasteiger partial charge in [-0.15, -0.1) is 0 Å². The molecule has 7 rings (SSSR count). The topological polar surface area (TPSA) is 79.3 Å². The standard InChI is InChI=1S/C23H26N2O5/c1-29-18(26)16-14-20-8-5-12-24-13-11-21(23(20,24)28)15-6-3-4-7-17(15)25(19(27)30-2)22(16,21)10-9-20/h3-4,6-7,14,28H,5,8-13H2,1-2H3/t20-,21+,22-,23-/m1/s1. The largest absolute Gasteiger partial charge is 0.466 e. The summed E-state index contributed by atoms with van der Waals surface area (Å²) in [7, 11) is 2.74. The van der Waals surface area contributed by atoms with Crippen molar-refractivity contribution in [3.63, 3.8) is 0 Å². The minimum Gasteiger partial charge on any atom is -0.466 e. The average molecular weight is 410 g/mol. The van der Waals surface area contributed by atoms with Gasteiger partial charge in [-0.1, -0.05) is 24.3 Å². The van der Waals surface area contributed by atoms with Crippen LogP contribution in [0.1, 0.15) is 37.7 Å². The minimum absolute atomic E-state index is 0.429. The third kappa shape index (κ3) is 1.53. The van der Waals surface area contributed by atoms with Gasteiger partial charge in [-0.25, -0.2) is 9.59 Å². The number of nitrogens with zero attached hydrogens (tertiary/aromatic N) is 2. The maximum atomic E-state index is 13.2. The molecule has 4 atom stereocenters. The number of ether oxygens (including phenoxy) is 2. The van der Waals surface area contributed by atoms with Crippen molar-refractivity contribution >= 4 is 17.7 Å². The summed E-state index contributed by atoms with van der Waals surface area (Å²) in [6, 6.07) is 7.76. The summed E-state index contributed by atoms with van der Waals surface area (Å²) in [5, 5.41) is 12.7. The number of carbonyl (C=O) groups is 2. The van der Waals surface area contributed by atoms with Crippen LogP contribution >= 0.6 is 0 Å². The SMILES string of the molecule is COC(=O)C1=C[C@@]23CCCN4CC[C@@]5(c6ccccc6N(C(=O)OC)[C@]15CC2)[C@@]43O. The number of hydrogen-bond donors (Lipinski definition) is 1. The molecule has 7 heteroatoms. The Balaban J connectivity index is 1.77. The summed E-state index contributed by atoms with van der Waals surface area (Å²) in [5.74, 6) is -0.429. The Morgan fingerprint density at radius 3 is 2.60 bits per heavy atom. The molecule has 2 bridgehead atoms. The molecule has 3 fully saturated rings. The summed E-state index contributed by atoms with van der Waals surface area (Å²) in [6.45, 7) is 1.55. The van der Waals surface area contributed by atoms with Crippen LogP contribution in [0, 0.1) is 5.41 Å². The zero-order chi connectivity index (χ0) is 20.9. The van der Waals surface area contributed by atoms with Crippen molar-refractivity contribution in [2.24, 2.45) is 5.41 Å². The van der Waals surface area contributed by atoms with Gasteiger partial charge in [0, 0.05) is 18.5 Å². The molecule has 6 aliphatic rings. The number of aliphatic hydroxyl groups is 1. The van der Waals surface area contributed by atoms with Crippen LogP contribution in [0.25, 0.3) is 0 Å². The van der Waals surface area contributed by atoms with Crippen molar-refractivity contribution in [1.82, 2.24) is 4.90 Å². The second-order valence-electron chi connectivity index (χ2n) is 9.31. The Hall–Kier alpha value is -2.38. The van der Waals surface area contributed by atoms with Crippen LogP contribution in [-0.2, 0) is 19.7 Å². The highest BCUT2D eigenvalue weighted by molar-refractivity contribution is 6.03. The molecule has 3 aliphatic carbocycles. The van der Waals surface area contributed by atoms with Gasteiger partial charge in [-0.3, -0.25) is 9.80 Å². The fourth-order valence-corrected chi connectivity index (χ4v) is 7.99. The molecule has 0 aromatic heterocycles. The predicted molar refractivity (Wildman–Crippen MR) is 108 cm³/mol. The lowest BCUT2D eigenvalue weighted by molar-refractivity contribution is -0.251. The van der Waals surface area contributed by atoms with Gasteiger partial charge in [-0.2, -0.15) is 0 Å². The molecule has 30 heavy (non-hydrogen) atoms. The number of hydrogen-bond acceptors (Lipinski definition) is 6. The highest BCUT2D eigenvalue weighted by Crippen LogP contribution is 2.77. The van der Waals surface area contributed by atoms with Crippen LogP contribution in [-0.4, -0.2) is 60.6 Å². The molecule has 1 saturated carbocycles. The lowest BCUT2D eigenvalue weighted by Gasteiger charge is -2.70. The van der Waals surface area contributed by atoms with Gasteiger partial charge in [0.15, 0.2) is 0 Å². The minimum atomic E-state index is -1.16. The number of piperidine rings is 1. The third-order valence-corrected chi connectivity index (χ3v) is 8.81. The van der Waals surface area contributed by atoms with Crippen LogP contribution in [0.3, 0.4) is 0 Å². The molecule has 1 amide bonds. The van der Waals surface area contributed by atoms with Gasteiger partial charge in [0.2, 0.25) is 0 Å². The van der Waals surface area contributed by atoms with E-state index in [2.05, 4.69) is 4.90 Å². The number of carbonyl (C=O) groups excluding carboxylic acids is 2. The number of anilines is 1. The molecular weight excluding hydrogens is 384 g/mol. The van der Waals surface area contributed by atoms with Gasteiger partial charge in [0.25, 0.3) is 0 Å². The first-order chi connectivity index (χ1) is 14.4. The number of rotatable bonds is 1. The average Bonchev–Trinajstić information content (AvgIpc) is 3.23. The predicted octanol–water partition coefficient (Wildman–Crippen LogP) is 2.33. The Labute approximate surface area is 175 Å². The van der Waals surface area contributed by atoms with Crippen molar-refractivity contribution in [3.8, 4) is 0 Å².